The predicted molar refractivity (Wildman–Crippen MR) is 132 cm³/mol. The molecule has 180 valence electrons. The molecule has 4 rings (SSSR count). The predicted octanol–water partition coefficient (Wildman–Crippen LogP) is 5.52. The lowest BCUT2D eigenvalue weighted by molar-refractivity contribution is -0.116. The minimum atomic E-state index is -4.21. The van der Waals surface area contributed by atoms with Crippen LogP contribution in [-0.4, -0.2) is 25.2 Å². The topological polar surface area (TPSA) is 90.3 Å². The number of nitrogens with one attached hydrogen (secondary N) is 1. The monoisotopic (exact) mass is 531 g/mol. The second kappa shape index (κ2) is 9.96. The van der Waals surface area contributed by atoms with Gasteiger partial charge in [-0.25, -0.2) is 12.8 Å². The highest BCUT2D eigenvalue weighted by Gasteiger charge is 2.44. The summed E-state index contributed by atoms with van der Waals surface area (Å²) in [4.78, 5) is 12.7. The lowest BCUT2D eigenvalue weighted by atomic mass is 9.98. The van der Waals surface area contributed by atoms with Crippen LogP contribution in [0.2, 0.25) is 10.0 Å². The van der Waals surface area contributed by atoms with Crippen molar-refractivity contribution in [2.75, 3.05) is 11.9 Å². The van der Waals surface area contributed by atoms with E-state index in [1.807, 2.05) is 0 Å². The second-order valence-corrected chi connectivity index (χ2v) is 11.0. The number of amides is 1. The summed E-state index contributed by atoms with van der Waals surface area (Å²) in [5, 5.41) is 12.4. The van der Waals surface area contributed by atoms with Gasteiger partial charge in [-0.3, -0.25) is 4.79 Å². The Labute approximate surface area is 212 Å². The molecule has 1 amide bonds. The molecule has 0 radical (unpaired) electrons. The molecule has 3 aromatic rings. The zero-order valence-electron chi connectivity index (χ0n) is 18.3. The molecule has 0 spiro atoms. The van der Waals surface area contributed by atoms with Crippen molar-refractivity contribution in [1.29, 1.82) is 5.26 Å². The number of carbonyl (C=O) groups excluding carboxylic acids is 1. The Balaban J connectivity index is 1.58. The van der Waals surface area contributed by atoms with E-state index in [0.717, 1.165) is 22.7 Å². The van der Waals surface area contributed by atoms with Crippen LogP contribution < -0.4 is 5.32 Å². The molecular formula is C25H20Cl2FN3O3S. The number of carbonyl (C=O) groups is 1. The largest absolute Gasteiger partial charge is 0.325 e. The third kappa shape index (κ3) is 5.49. The van der Waals surface area contributed by atoms with E-state index < -0.39 is 40.3 Å². The minimum Gasteiger partial charge on any atom is -0.325 e. The number of hydrogen-bond acceptors (Lipinski definition) is 4. The summed E-state index contributed by atoms with van der Waals surface area (Å²) in [5.74, 6) is -1.31. The summed E-state index contributed by atoms with van der Waals surface area (Å²) in [6, 6.07) is 18.7. The van der Waals surface area contributed by atoms with Crippen LogP contribution in [0.4, 0.5) is 10.1 Å². The Kier molecular flexibility index (Phi) is 7.15. The number of sulfonamides is 1. The van der Waals surface area contributed by atoms with Gasteiger partial charge in [0.05, 0.1) is 22.9 Å². The summed E-state index contributed by atoms with van der Waals surface area (Å²) in [6.45, 7) is -1.03. The van der Waals surface area contributed by atoms with E-state index in [9.17, 15) is 22.9 Å². The van der Waals surface area contributed by atoms with Crippen LogP contribution in [0.15, 0.2) is 71.6 Å². The summed E-state index contributed by atoms with van der Waals surface area (Å²) in [5.41, 5.74) is 0.819. The number of rotatable bonds is 8. The average Bonchev–Trinajstić information content (AvgIpc) is 3.63. The van der Waals surface area contributed by atoms with Crippen LogP contribution in [0.5, 0.6) is 0 Å². The highest BCUT2D eigenvalue weighted by molar-refractivity contribution is 7.89. The molecule has 0 saturated heterocycles. The van der Waals surface area contributed by atoms with Gasteiger partial charge in [-0.05, 0) is 66.9 Å². The molecule has 1 aliphatic carbocycles. The quantitative estimate of drug-likeness (QED) is 0.414. The van der Waals surface area contributed by atoms with Crippen molar-refractivity contribution in [3.05, 3.63) is 93.7 Å². The Morgan fingerprint density at radius 3 is 2.29 bits per heavy atom. The van der Waals surface area contributed by atoms with E-state index in [1.54, 1.807) is 24.3 Å². The van der Waals surface area contributed by atoms with Crippen molar-refractivity contribution in [2.24, 2.45) is 0 Å². The number of nitriles is 1. The van der Waals surface area contributed by atoms with Crippen LogP contribution in [0.1, 0.15) is 24.0 Å². The van der Waals surface area contributed by atoms with Crippen molar-refractivity contribution >= 4 is 44.8 Å². The highest BCUT2D eigenvalue weighted by Crippen LogP contribution is 2.47. The first-order chi connectivity index (χ1) is 16.6. The molecule has 0 heterocycles. The summed E-state index contributed by atoms with van der Waals surface area (Å²) >= 11 is 12.0. The maximum Gasteiger partial charge on any atom is 0.243 e. The smallest absolute Gasteiger partial charge is 0.243 e. The summed E-state index contributed by atoms with van der Waals surface area (Å²) in [7, 11) is -4.21. The fourth-order valence-electron chi connectivity index (χ4n) is 3.66. The van der Waals surface area contributed by atoms with Gasteiger partial charge < -0.3 is 5.32 Å². The molecule has 0 bridgehead atoms. The summed E-state index contributed by atoms with van der Waals surface area (Å²) in [6.07, 6.45) is 1.59. The van der Waals surface area contributed by atoms with Crippen molar-refractivity contribution in [3.8, 4) is 6.07 Å². The molecule has 0 aliphatic heterocycles. The molecule has 6 nitrogen and oxygen atoms in total. The van der Waals surface area contributed by atoms with E-state index in [2.05, 4.69) is 11.4 Å². The number of nitrogens with zero attached hydrogens (tertiary/aromatic N) is 2. The molecule has 3 aromatic carbocycles. The van der Waals surface area contributed by atoms with Gasteiger partial charge in [0.2, 0.25) is 15.9 Å². The molecule has 1 aliphatic rings. The van der Waals surface area contributed by atoms with Crippen molar-refractivity contribution in [1.82, 2.24) is 4.31 Å². The molecule has 1 saturated carbocycles. The van der Waals surface area contributed by atoms with E-state index >= 15 is 0 Å². The van der Waals surface area contributed by atoms with Crippen LogP contribution in [0.3, 0.4) is 0 Å². The molecule has 1 N–H and O–H groups in total. The molecule has 35 heavy (non-hydrogen) atoms. The Morgan fingerprint density at radius 2 is 1.71 bits per heavy atom. The molecule has 10 heteroatoms. The van der Waals surface area contributed by atoms with E-state index in [0.29, 0.717) is 10.7 Å². The molecular weight excluding hydrogens is 512 g/mol. The van der Waals surface area contributed by atoms with Gasteiger partial charge in [0.25, 0.3) is 0 Å². The zero-order valence-corrected chi connectivity index (χ0v) is 20.7. The molecule has 0 atom stereocenters. The maximum absolute atomic E-state index is 14.5. The fourth-order valence-corrected chi connectivity index (χ4v) is 5.38. The average molecular weight is 532 g/mol. The van der Waals surface area contributed by atoms with Gasteiger partial charge in [-0.2, -0.15) is 9.57 Å². The standard InChI is InChI=1S/C25H20Cl2FN3O3S/c26-18-6-10-20(11-7-18)35(33,34)31(14-21-22(27)2-1-3-23(21)28)15-24(32)30-19-8-4-17(5-9-19)25(16-29)12-13-25/h1-11H,12-15H2,(H,30,32). The Bertz CT molecular complexity index is 1380. The van der Waals surface area contributed by atoms with E-state index in [1.165, 1.54) is 42.5 Å². The van der Waals surface area contributed by atoms with Crippen molar-refractivity contribution < 1.29 is 17.6 Å². The molecule has 0 aromatic heterocycles. The number of benzene rings is 3. The van der Waals surface area contributed by atoms with Crippen LogP contribution in [-0.2, 0) is 26.8 Å². The van der Waals surface area contributed by atoms with Crippen LogP contribution >= 0.6 is 23.2 Å². The zero-order chi connectivity index (χ0) is 25.2. The highest BCUT2D eigenvalue weighted by atomic mass is 35.5. The number of hydrogen-bond donors (Lipinski definition) is 1. The molecule has 1 fully saturated rings. The fraction of sp³-hybridized carbons (Fsp3) is 0.200. The van der Waals surface area contributed by atoms with E-state index in [4.69, 9.17) is 23.2 Å². The van der Waals surface area contributed by atoms with Gasteiger partial charge in [0.1, 0.15) is 5.82 Å². The van der Waals surface area contributed by atoms with Gasteiger partial charge in [-0.15, -0.1) is 0 Å². The van der Waals surface area contributed by atoms with Crippen LogP contribution in [0.25, 0.3) is 0 Å². The van der Waals surface area contributed by atoms with Gasteiger partial charge in [0.15, 0.2) is 0 Å². The normalized spacial score (nSPS) is 14.4. The van der Waals surface area contributed by atoms with Gasteiger partial charge >= 0.3 is 0 Å². The third-order valence-corrected chi connectivity index (χ3v) is 8.26. The Hall–Kier alpha value is -2.96. The van der Waals surface area contributed by atoms with Crippen molar-refractivity contribution in [2.45, 2.75) is 29.7 Å². The second-order valence-electron chi connectivity index (χ2n) is 8.25. The minimum absolute atomic E-state index is 0.0452. The first-order valence-electron chi connectivity index (χ1n) is 10.6. The molecule has 0 unspecified atom stereocenters. The lowest BCUT2D eigenvalue weighted by Gasteiger charge is -2.23. The first kappa shape index (κ1) is 25.1. The Morgan fingerprint density at radius 1 is 1.06 bits per heavy atom. The third-order valence-electron chi connectivity index (χ3n) is 5.85. The number of halogens is 3. The SMILES string of the molecule is N#CC1(c2ccc(NC(=O)CN(Cc3c(F)cccc3Cl)S(=O)(=O)c3ccc(Cl)cc3)cc2)CC1. The van der Waals surface area contributed by atoms with Crippen molar-refractivity contribution in [3.63, 3.8) is 0 Å². The van der Waals surface area contributed by atoms with Gasteiger partial charge in [-0.1, -0.05) is 41.4 Å². The number of anilines is 1. The van der Waals surface area contributed by atoms with Gasteiger partial charge in [0, 0.05) is 27.8 Å². The van der Waals surface area contributed by atoms with E-state index in [-0.39, 0.29) is 15.5 Å². The van der Waals surface area contributed by atoms with Crippen LogP contribution in [0, 0.1) is 17.1 Å². The summed E-state index contributed by atoms with van der Waals surface area (Å²) < 4.78 is 42.0. The lowest BCUT2D eigenvalue weighted by Crippen LogP contribution is -2.37. The first-order valence-corrected chi connectivity index (χ1v) is 12.8. The maximum atomic E-state index is 14.5.